The Kier molecular flexibility index (Phi) is 5.02. The highest BCUT2D eigenvalue weighted by Gasteiger charge is 2.39. The fourth-order valence-corrected chi connectivity index (χ4v) is 2.76. The summed E-state index contributed by atoms with van der Waals surface area (Å²) in [6, 6.07) is 3.46. The summed E-state index contributed by atoms with van der Waals surface area (Å²) in [6.07, 6.45) is -4.71. The number of carbonyl (C=O) groups is 1. The van der Waals surface area contributed by atoms with Crippen molar-refractivity contribution in [1.82, 2.24) is 9.78 Å². The number of ether oxygens (including phenoxy) is 1. The molecule has 0 unspecified atom stereocenters. The molecule has 1 aromatic heterocycles. The van der Waals surface area contributed by atoms with Crippen molar-refractivity contribution in [3.8, 4) is 5.75 Å². The van der Waals surface area contributed by atoms with E-state index in [1.165, 1.54) is 13.2 Å². The number of aryl methyl sites for hydroxylation is 1. The molecule has 0 aliphatic rings. The zero-order valence-corrected chi connectivity index (χ0v) is 14.3. The fourth-order valence-electron chi connectivity index (χ4n) is 2.02. The molecular weight excluding hydrogens is 413 g/mol. The van der Waals surface area contributed by atoms with Gasteiger partial charge in [-0.1, -0.05) is 0 Å². The second-order valence-electron chi connectivity index (χ2n) is 4.76. The van der Waals surface area contributed by atoms with E-state index < -0.39 is 32.9 Å². The summed E-state index contributed by atoms with van der Waals surface area (Å²) in [5.41, 5.74) is -2.03. The van der Waals surface area contributed by atoms with Gasteiger partial charge in [0.15, 0.2) is 11.4 Å². The quantitative estimate of drug-likeness (QED) is 0.601. The topological polar surface area (TPSA) is 99.3 Å². The zero-order chi connectivity index (χ0) is 18.9. The number of methoxy groups -OCH3 is 1. The Morgan fingerprint density at radius 3 is 2.52 bits per heavy atom. The highest BCUT2D eigenvalue weighted by Crippen LogP contribution is 2.36. The Morgan fingerprint density at radius 2 is 2.04 bits per heavy atom. The Morgan fingerprint density at radius 1 is 1.40 bits per heavy atom. The summed E-state index contributed by atoms with van der Waals surface area (Å²) in [5.74, 6) is -0.874. The first-order valence-corrected chi connectivity index (χ1v) is 7.28. The SMILES string of the molecule is COc1cc(NC(=O)c2nn(C)c(C(F)(F)F)c2Br)cc([N+](=O)[O-])c1. The van der Waals surface area contributed by atoms with Gasteiger partial charge >= 0.3 is 6.18 Å². The molecule has 1 amide bonds. The highest BCUT2D eigenvalue weighted by molar-refractivity contribution is 9.10. The normalized spacial score (nSPS) is 11.3. The molecule has 0 atom stereocenters. The minimum atomic E-state index is -4.71. The molecule has 0 radical (unpaired) electrons. The molecule has 2 aromatic rings. The second kappa shape index (κ2) is 6.70. The lowest BCUT2D eigenvalue weighted by Gasteiger charge is -2.07. The molecule has 0 bridgehead atoms. The molecule has 0 spiro atoms. The molecule has 0 saturated heterocycles. The van der Waals surface area contributed by atoms with Crippen molar-refractivity contribution in [3.63, 3.8) is 0 Å². The van der Waals surface area contributed by atoms with Crippen LogP contribution in [-0.4, -0.2) is 27.7 Å². The summed E-state index contributed by atoms with van der Waals surface area (Å²) >= 11 is 2.72. The van der Waals surface area contributed by atoms with Crippen LogP contribution in [0.15, 0.2) is 22.7 Å². The molecule has 0 aliphatic heterocycles. The standard InChI is InChI=1S/C13H10BrF3N4O4/c1-20-11(13(15,16)17)9(14)10(19-20)12(22)18-6-3-7(21(23)24)5-8(4-6)25-2/h3-5H,1-2H3,(H,18,22). The summed E-state index contributed by atoms with van der Waals surface area (Å²) in [6.45, 7) is 0. The van der Waals surface area contributed by atoms with Gasteiger partial charge in [-0.15, -0.1) is 0 Å². The van der Waals surface area contributed by atoms with Crippen LogP contribution in [0.2, 0.25) is 0 Å². The third-order valence-corrected chi connectivity index (χ3v) is 3.82. The Hall–Kier alpha value is -2.63. The number of alkyl halides is 3. The monoisotopic (exact) mass is 422 g/mol. The largest absolute Gasteiger partial charge is 0.496 e. The van der Waals surface area contributed by atoms with Crippen molar-refractivity contribution in [2.45, 2.75) is 6.18 Å². The van der Waals surface area contributed by atoms with Crippen LogP contribution in [-0.2, 0) is 13.2 Å². The van der Waals surface area contributed by atoms with E-state index in [2.05, 4.69) is 26.3 Å². The number of aromatic nitrogens is 2. The average Bonchev–Trinajstić information content (AvgIpc) is 2.81. The van der Waals surface area contributed by atoms with Crippen molar-refractivity contribution >= 4 is 33.2 Å². The van der Waals surface area contributed by atoms with E-state index in [4.69, 9.17) is 4.74 Å². The molecule has 2 rings (SSSR count). The van der Waals surface area contributed by atoms with Crippen LogP contribution in [0.1, 0.15) is 16.2 Å². The average molecular weight is 423 g/mol. The van der Waals surface area contributed by atoms with Crippen molar-refractivity contribution < 1.29 is 27.6 Å². The van der Waals surface area contributed by atoms with Crippen LogP contribution >= 0.6 is 15.9 Å². The van der Waals surface area contributed by atoms with Gasteiger partial charge in [0, 0.05) is 19.2 Å². The highest BCUT2D eigenvalue weighted by atomic mass is 79.9. The first-order chi connectivity index (χ1) is 11.5. The first kappa shape index (κ1) is 18.7. The molecule has 1 N–H and O–H groups in total. The van der Waals surface area contributed by atoms with E-state index in [1.807, 2.05) is 0 Å². The van der Waals surface area contributed by atoms with E-state index in [-0.39, 0.29) is 17.1 Å². The summed E-state index contributed by atoms with van der Waals surface area (Å²) in [5, 5.41) is 16.7. The maximum atomic E-state index is 12.9. The third kappa shape index (κ3) is 3.90. The number of nitrogens with zero attached hydrogens (tertiary/aromatic N) is 3. The maximum Gasteiger partial charge on any atom is 0.434 e. The van der Waals surface area contributed by atoms with Gasteiger partial charge in [-0.3, -0.25) is 19.6 Å². The number of benzene rings is 1. The van der Waals surface area contributed by atoms with Crippen LogP contribution < -0.4 is 10.1 Å². The number of hydrogen-bond acceptors (Lipinski definition) is 5. The molecule has 12 heteroatoms. The lowest BCUT2D eigenvalue weighted by atomic mass is 10.2. The Bertz CT molecular complexity index is 851. The number of nitrogens with one attached hydrogen (secondary N) is 1. The molecule has 0 aliphatic carbocycles. The number of anilines is 1. The lowest BCUT2D eigenvalue weighted by Crippen LogP contribution is -2.14. The van der Waals surface area contributed by atoms with Gasteiger partial charge in [0.2, 0.25) is 0 Å². The van der Waals surface area contributed by atoms with E-state index in [0.29, 0.717) is 4.68 Å². The van der Waals surface area contributed by atoms with Gasteiger partial charge in [-0.25, -0.2) is 0 Å². The maximum absolute atomic E-state index is 12.9. The van der Waals surface area contributed by atoms with Gasteiger partial charge in [-0.05, 0) is 15.9 Å². The van der Waals surface area contributed by atoms with E-state index in [0.717, 1.165) is 19.2 Å². The fraction of sp³-hybridized carbons (Fsp3) is 0.231. The van der Waals surface area contributed by atoms with Gasteiger partial charge in [0.1, 0.15) is 5.75 Å². The third-order valence-electron chi connectivity index (χ3n) is 3.07. The van der Waals surface area contributed by atoms with Gasteiger partial charge in [0.25, 0.3) is 11.6 Å². The second-order valence-corrected chi connectivity index (χ2v) is 5.56. The Balaban J connectivity index is 2.38. The van der Waals surface area contributed by atoms with E-state index in [1.54, 1.807) is 0 Å². The number of nitro groups is 1. The van der Waals surface area contributed by atoms with E-state index in [9.17, 15) is 28.1 Å². The molecule has 1 heterocycles. The van der Waals surface area contributed by atoms with Crippen LogP contribution in [0, 0.1) is 10.1 Å². The minimum Gasteiger partial charge on any atom is -0.496 e. The molecule has 25 heavy (non-hydrogen) atoms. The number of rotatable bonds is 4. The molecule has 0 saturated carbocycles. The molecule has 134 valence electrons. The Labute approximate surface area is 146 Å². The summed E-state index contributed by atoms with van der Waals surface area (Å²) in [7, 11) is 2.32. The van der Waals surface area contributed by atoms with Gasteiger partial charge < -0.3 is 10.1 Å². The molecule has 8 nitrogen and oxygen atoms in total. The van der Waals surface area contributed by atoms with Gasteiger partial charge in [-0.2, -0.15) is 18.3 Å². The van der Waals surface area contributed by atoms with Crippen LogP contribution in [0.25, 0.3) is 0 Å². The molecule has 1 aromatic carbocycles. The molecular formula is C13H10BrF3N4O4. The predicted molar refractivity (Wildman–Crippen MR) is 83.5 cm³/mol. The minimum absolute atomic E-state index is 0.0258. The number of hydrogen-bond donors (Lipinski definition) is 1. The number of nitro benzene ring substituents is 1. The number of halogens is 4. The lowest BCUT2D eigenvalue weighted by molar-refractivity contribution is -0.384. The van der Waals surface area contributed by atoms with Crippen molar-refractivity contribution in [2.75, 3.05) is 12.4 Å². The van der Waals surface area contributed by atoms with Crippen LogP contribution in [0.5, 0.6) is 5.75 Å². The number of carbonyl (C=O) groups excluding carboxylic acids is 1. The van der Waals surface area contributed by atoms with Crippen LogP contribution in [0.4, 0.5) is 24.5 Å². The number of non-ortho nitro benzene ring substituents is 1. The smallest absolute Gasteiger partial charge is 0.434 e. The predicted octanol–water partition coefficient (Wildman–Crippen LogP) is 3.37. The summed E-state index contributed by atoms with van der Waals surface area (Å²) in [4.78, 5) is 22.4. The van der Waals surface area contributed by atoms with Crippen molar-refractivity contribution in [3.05, 3.63) is 44.2 Å². The zero-order valence-electron chi connectivity index (χ0n) is 12.7. The van der Waals surface area contributed by atoms with Crippen molar-refractivity contribution in [2.24, 2.45) is 7.05 Å². The first-order valence-electron chi connectivity index (χ1n) is 6.49. The summed E-state index contributed by atoms with van der Waals surface area (Å²) < 4.78 is 43.7. The molecule has 0 fully saturated rings. The van der Waals surface area contributed by atoms with Crippen molar-refractivity contribution in [1.29, 1.82) is 0 Å². The van der Waals surface area contributed by atoms with Crippen LogP contribution in [0.3, 0.4) is 0 Å². The van der Waals surface area contributed by atoms with E-state index >= 15 is 0 Å². The van der Waals surface area contributed by atoms with Gasteiger partial charge in [0.05, 0.1) is 28.3 Å². The number of amides is 1.